The van der Waals surface area contributed by atoms with E-state index in [2.05, 4.69) is 44.7 Å². The highest BCUT2D eigenvalue weighted by molar-refractivity contribution is 5.28. The fraction of sp³-hybridized carbons (Fsp3) is 0.421. The Balaban J connectivity index is 1.74. The first-order valence-corrected chi connectivity index (χ1v) is 9.67. The van der Waals surface area contributed by atoms with E-state index in [4.69, 9.17) is 4.74 Å². The van der Waals surface area contributed by atoms with E-state index in [9.17, 15) is 18.4 Å². The Labute approximate surface area is 175 Å². The van der Waals surface area contributed by atoms with Gasteiger partial charge in [0.05, 0.1) is 5.56 Å². The molecule has 0 saturated heterocycles. The van der Waals surface area contributed by atoms with Gasteiger partial charge in [-0.3, -0.25) is 15.1 Å². The molecular weight excluding hydrogens is 412 g/mol. The minimum absolute atomic E-state index is 0.0131. The van der Waals surface area contributed by atoms with Crippen molar-refractivity contribution >= 4 is 0 Å². The molecule has 1 atom stereocenters. The summed E-state index contributed by atoms with van der Waals surface area (Å²) >= 11 is 0. The molecule has 2 heterocycles. The molecule has 1 unspecified atom stereocenters. The van der Waals surface area contributed by atoms with Crippen LogP contribution in [0.25, 0.3) is 0 Å². The fourth-order valence-corrected chi connectivity index (χ4v) is 2.98. The zero-order valence-electron chi connectivity index (χ0n) is 17.0. The Hall–Kier alpha value is -3.41. The molecule has 166 valence electrons. The largest absolute Gasteiger partial charge is 0.492 e. The van der Waals surface area contributed by atoms with Crippen LogP contribution >= 0.6 is 0 Å². The van der Waals surface area contributed by atoms with Gasteiger partial charge in [-0.25, -0.2) is 18.3 Å². The van der Waals surface area contributed by atoms with Crippen LogP contribution in [0.15, 0.2) is 40.1 Å². The Morgan fingerprint density at radius 3 is 2.58 bits per heavy atom. The maximum absolute atomic E-state index is 12.9. The van der Waals surface area contributed by atoms with Crippen molar-refractivity contribution in [3.05, 3.63) is 68.3 Å². The smallest absolute Gasteiger partial charge is 0.325 e. The third-order valence-corrected chi connectivity index (χ3v) is 4.55. The Morgan fingerprint density at radius 2 is 1.94 bits per heavy atom. The third kappa shape index (κ3) is 5.81. The van der Waals surface area contributed by atoms with Gasteiger partial charge in [-0.2, -0.15) is 0 Å². The second-order valence-electron chi connectivity index (χ2n) is 7.10. The predicted octanol–water partition coefficient (Wildman–Crippen LogP) is 1.20. The molecule has 0 fully saturated rings. The molecule has 0 bridgehead atoms. The Kier molecular flexibility index (Phi) is 7.23. The van der Waals surface area contributed by atoms with Crippen molar-refractivity contribution in [3.63, 3.8) is 0 Å². The second kappa shape index (κ2) is 10.1. The Bertz CT molecular complexity index is 1090. The van der Waals surface area contributed by atoms with E-state index in [1.807, 2.05) is 24.3 Å². The molecule has 10 nitrogen and oxygen atoms in total. The summed E-state index contributed by atoms with van der Waals surface area (Å²) in [5, 5.41) is 13.8. The normalized spacial score (nSPS) is 12.5. The first kappa shape index (κ1) is 22.3. The van der Waals surface area contributed by atoms with Gasteiger partial charge in [-0.15, -0.1) is 5.10 Å². The van der Waals surface area contributed by atoms with Gasteiger partial charge < -0.3 is 9.72 Å². The van der Waals surface area contributed by atoms with Crippen molar-refractivity contribution in [1.82, 2.24) is 35.5 Å². The maximum atomic E-state index is 12.9. The lowest BCUT2D eigenvalue weighted by molar-refractivity contribution is 0.119. The van der Waals surface area contributed by atoms with Gasteiger partial charge in [0, 0.05) is 12.7 Å². The van der Waals surface area contributed by atoms with E-state index in [1.165, 1.54) is 11.8 Å². The number of halogens is 2. The maximum Gasteiger partial charge on any atom is 0.325 e. The van der Waals surface area contributed by atoms with Crippen molar-refractivity contribution in [1.29, 1.82) is 0 Å². The van der Waals surface area contributed by atoms with Gasteiger partial charge in [0.2, 0.25) is 0 Å². The van der Waals surface area contributed by atoms with E-state index < -0.39 is 30.3 Å². The van der Waals surface area contributed by atoms with Crippen LogP contribution in [0.3, 0.4) is 0 Å². The van der Waals surface area contributed by atoms with Crippen LogP contribution in [0.1, 0.15) is 42.8 Å². The number of nitrogens with one attached hydrogen (secondary N) is 3. The SMILES string of the molecule is CC(C)c1ccc(OCCNC(c2c[nH]c(=O)[nH]c2=O)c2nnnn2CC(F)F)cc1. The molecule has 12 heteroatoms. The zero-order valence-corrected chi connectivity index (χ0v) is 17.0. The van der Waals surface area contributed by atoms with Gasteiger partial charge in [0.1, 0.15) is 24.9 Å². The first-order valence-electron chi connectivity index (χ1n) is 9.67. The number of H-pyrrole nitrogens is 2. The number of aromatic nitrogens is 6. The van der Waals surface area contributed by atoms with E-state index >= 15 is 0 Å². The number of alkyl halides is 2. The molecule has 3 N–H and O–H groups in total. The molecule has 0 spiro atoms. The zero-order chi connectivity index (χ0) is 22.4. The van der Waals surface area contributed by atoms with Crippen LogP contribution in [0.2, 0.25) is 0 Å². The number of benzene rings is 1. The lowest BCUT2D eigenvalue weighted by Crippen LogP contribution is -2.36. The Morgan fingerprint density at radius 1 is 1.19 bits per heavy atom. The number of ether oxygens (including phenoxy) is 1. The highest BCUT2D eigenvalue weighted by Gasteiger charge is 2.25. The predicted molar refractivity (Wildman–Crippen MR) is 107 cm³/mol. The van der Waals surface area contributed by atoms with E-state index in [-0.39, 0.29) is 24.5 Å². The van der Waals surface area contributed by atoms with Crippen LogP contribution in [-0.4, -0.2) is 49.8 Å². The average molecular weight is 435 g/mol. The van der Waals surface area contributed by atoms with Gasteiger partial charge in [0.15, 0.2) is 5.82 Å². The summed E-state index contributed by atoms with van der Waals surface area (Å²) in [7, 11) is 0. The van der Waals surface area contributed by atoms with Crippen molar-refractivity contribution in [3.8, 4) is 5.75 Å². The van der Waals surface area contributed by atoms with Gasteiger partial charge in [-0.1, -0.05) is 26.0 Å². The number of hydrogen-bond acceptors (Lipinski definition) is 7. The van der Waals surface area contributed by atoms with E-state index in [1.54, 1.807) is 0 Å². The number of tetrazole rings is 1. The minimum atomic E-state index is -2.69. The minimum Gasteiger partial charge on any atom is -0.492 e. The lowest BCUT2D eigenvalue weighted by atomic mass is 10.0. The van der Waals surface area contributed by atoms with Crippen molar-refractivity contribution in [2.45, 2.75) is 38.8 Å². The quantitative estimate of drug-likeness (QED) is 0.408. The van der Waals surface area contributed by atoms with Crippen molar-refractivity contribution < 1.29 is 13.5 Å². The molecule has 0 aliphatic heterocycles. The lowest BCUT2D eigenvalue weighted by Gasteiger charge is -2.18. The number of rotatable bonds is 10. The molecule has 31 heavy (non-hydrogen) atoms. The van der Waals surface area contributed by atoms with Gasteiger partial charge >= 0.3 is 5.69 Å². The van der Waals surface area contributed by atoms with Crippen LogP contribution in [0.4, 0.5) is 8.78 Å². The summed E-state index contributed by atoms with van der Waals surface area (Å²) in [6, 6.07) is 6.75. The third-order valence-electron chi connectivity index (χ3n) is 4.55. The number of aromatic amines is 2. The van der Waals surface area contributed by atoms with Crippen LogP contribution in [-0.2, 0) is 6.54 Å². The molecule has 0 amide bonds. The summed E-state index contributed by atoms with van der Waals surface area (Å²) < 4.78 is 32.4. The number of nitrogens with zero attached hydrogens (tertiary/aromatic N) is 4. The summed E-state index contributed by atoms with van der Waals surface area (Å²) in [5.41, 5.74) is -0.106. The molecule has 2 aromatic heterocycles. The van der Waals surface area contributed by atoms with E-state index in [0.29, 0.717) is 11.7 Å². The summed E-state index contributed by atoms with van der Waals surface area (Å²) in [6.07, 6.45) is -1.49. The van der Waals surface area contributed by atoms with Crippen molar-refractivity contribution in [2.24, 2.45) is 0 Å². The van der Waals surface area contributed by atoms with Gasteiger partial charge in [-0.05, 0) is 34.0 Å². The molecule has 1 aromatic carbocycles. The molecule has 0 aliphatic carbocycles. The first-order chi connectivity index (χ1) is 14.8. The average Bonchev–Trinajstić information content (AvgIpc) is 3.16. The molecular formula is C19H23F2N7O3. The standard InChI is InChI=1S/C19H23F2N7O3/c1-11(2)12-3-5-13(6-4-12)31-8-7-22-16(14-9-23-19(30)24-18(14)29)17-25-26-27-28(17)10-15(20)21/h3-6,9,11,15-16,22H,7-8,10H2,1-2H3,(H2,23,24,29,30). The molecule has 0 radical (unpaired) electrons. The van der Waals surface area contributed by atoms with Crippen LogP contribution < -0.4 is 21.3 Å². The van der Waals surface area contributed by atoms with Crippen LogP contribution in [0.5, 0.6) is 5.75 Å². The fourth-order valence-electron chi connectivity index (χ4n) is 2.98. The molecule has 0 saturated carbocycles. The molecule has 3 rings (SSSR count). The van der Waals surface area contributed by atoms with E-state index in [0.717, 1.165) is 4.68 Å². The highest BCUT2D eigenvalue weighted by Crippen LogP contribution is 2.19. The van der Waals surface area contributed by atoms with Gasteiger partial charge in [0.25, 0.3) is 12.0 Å². The second-order valence-corrected chi connectivity index (χ2v) is 7.10. The summed E-state index contributed by atoms with van der Waals surface area (Å²) in [6.45, 7) is 3.94. The topological polar surface area (TPSA) is 131 Å². The van der Waals surface area contributed by atoms with Crippen LogP contribution in [0, 0.1) is 0 Å². The van der Waals surface area contributed by atoms with Crippen molar-refractivity contribution in [2.75, 3.05) is 13.2 Å². The molecule has 3 aromatic rings. The summed E-state index contributed by atoms with van der Waals surface area (Å²) in [5.74, 6) is 1.09. The summed E-state index contributed by atoms with van der Waals surface area (Å²) in [4.78, 5) is 28.1. The highest BCUT2D eigenvalue weighted by atomic mass is 19.3. The monoisotopic (exact) mass is 435 g/mol. The number of hydrogen-bond donors (Lipinski definition) is 3. The molecule has 0 aliphatic rings.